The molecule has 0 atom stereocenters. The van der Waals surface area contributed by atoms with E-state index in [1.54, 1.807) is 30.5 Å². The van der Waals surface area contributed by atoms with Crippen LogP contribution in [0.4, 0.5) is 11.5 Å². The average molecular weight is 366 g/mol. The molecule has 0 aliphatic heterocycles. The Labute approximate surface area is 157 Å². The smallest absolute Gasteiger partial charge is 0.310 e. The molecule has 0 saturated heterocycles. The number of hydrogen-bond donors (Lipinski definition) is 2. The van der Waals surface area contributed by atoms with E-state index in [1.165, 1.54) is 6.20 Å². The van der Waals surface area contributed by atoms with Gasteiger partial charge in [-0.05, 0) is 44.5 Å². The Morgan fingerprint density at radius 3 is 2.56 bits per heavy atom. The minimum absolute atomic E-state index is 0.120. The summed E-state index contributed by atoms with van der Waals surface area (Å²) in [6.07, 6.45) is 3.32. The topological polar surface area (TPSA) is 113 Å². The number of rotatable bonds is 4. The number of pyridine rings is 2. The van der Waals surface area contributed by atoms with Crippen molar-refractivity contribution in [3.8, 4) is 11.5 Å². The highest BCUT2D eigenvalue weighted by molar-refractivity contribution is 5.90. The van der Waals surface area contributed by atoms with Crippen molar-refractivity contribution in [3.05, 3.63) is 48.3 Å². The van der Waals surface area contributed by atoms with Crippen molar-refractivity contribution in [2.75, 3.05) is 11.5 Å². The predicted molar refractivity (Wildman–Crippen MR) is 104 cm³/mol. The molecule has 7 heteroatoms. The largest absolute Gasteiger partial charge is 0.460 e. The van der Waals surface area contributed by atoms with Crippen LogP contribution < -0.4 is 16.2 Å². The van der Waals surface area contributed by atoms with Gasteiger partial charge in [0.1, 0.15) is 22.9 Å². The molecule has 0 unspecified atom stereocenters. The number of nitrogens with two attached hydrogens (primary N) is 2. The van der Waals surface area contributed by atoms with Crippen molar-refractivity contribution < 1.29 is 14.3 Å². The molecule has 2 aromatic heterocycles. The van der Waals surface area contributed by atoms with Crippen LogP contribution in [-0.2, 0) is 16.0 Å². The number of esters is 1. The third kappa shape index (κ3) is 4.25. The molecule has 0 aliphatic rings. The molecule has 4 N–H and O–H groups in total. The second-order valence-corrected chi connectivity index (χ2v) is 7.10. The van der Waals surface area contributed by atoms with Crippen molar-refractivity contribution in [3.63, 3.8) is 0 Å². The van der Waals surface area contributed by atoms with Crippen LogP contribution in [0.2, 0.25) is 0 Å². The molecule has 0 amide bonds. The van der Waals surface area contributed by atoms with E-state index in [9.17, 15) is 4.79 Å². The number of ether oxygens (including phenoxy) is 2. The van der Waals surface area contributed by atoms with Gasteiger partial charge in [-0.15, -0.1) is 0 Å². The highest BCUT2D eigenvalue weighted by atomic mass is 16.6. The first kappa shape index (κ1) is 18.4. The molecule has 0 aliphatic carbocycles. The normalized spacial score (nSPS) is 11.4. The van der Waals surface area contributed by atoms with E-state index >= 15 is 0 Å². The fourth-order valence-electron chi connectivity index (χ4n) is 2.65. The maximum atomic E-state index is 12.2. The van der Waals surface area contributed by atoms with Gasteiger partial charge >= 0.3 is 5.97 Å². The first-order valence-electron chi connectivity index (χ1n) is 8.51. The van der Waals surface area contributed by atoms with E-state index < -0.39 is 5.60 Å². The zero-order valence-electron chi connectivity index (χ0n) is 15.5. The maximum Gasteiger partial charge on any atom is 0.310 e. The Balaban J connectivity index is 1.96. The van der Waals surface area contributed by atoms with E-state index in [0.717, 1.165) is 10.9 Å². The number of anilines is 2. The van der Waals surface area contributed by atoms with Gasteiger partial charge in [-0.3, -0.25) is 9.78 Å². The van der Waals surface area contributed by atoms with Crippen molar-refractivity contribution >= 4 is 28.4 Å². The summed E-state index contributed by atoms with van der Waals surface area (Å²) < 4.78 is 11.4. The number of nitrogen functional groups attached to an aromatic ring is 2. The summed E-state index contributed by atoms with van der Waals surface area (Å²) in [5.74, 6) is 0.863. The standard InChI is InChI=1S/C20H22N4O3/c1-20(2,3)27-16(25)11-12-6-7-14(13-5-4-9-23-18(12)13)26-15-8-10-24-19(22)17(15)21/h4-10H,11,21H2,1-3H3,(H2,22,24). The fourth-order valence-corrected chi connectivity index (χ4v) is 2.65. The lowest BCUT2D eigenvalue weighted by atomic mass is 10.1. The van der Waals surface area contributed by atoms with Crippen molar-refractivity contribution in [2.45, 2.75) is 32.8 Å². The third-order valence-electron chi connectivity index (χ3n) is 3.77. The zero-order valence-corrected chi connectivity index (χ0v) is 15.5. The van der Waals surface area contributed by atoms with E-state index in [1.807, 2.05) is 26.8 Å². The van der Waals surface area contributed by atoms with Crippen molar-refractivity contribution in [2.24, 2.45) is 0 Å². The second kappa shape index (κ2) is 7.11. The number of hydrogen-bond acceptors (Lipinski definition) is 7. The fraction of sp³-hybridized carbons (Fsp3) is 0.250. The van der Waals surface area contributed by atoms with Gasteiger partial charge in [0.2, 0.25) is 0 Å². The third-order valence-corrected chi connectivity index (χ3v) is 3.77. The Morgan fingerprint density at radius 2 is 1.81 bits per heavy atom. The van der Waals surface area contributed by atoms with E-state index in [2.05, 4.69) is 9.97 Å². The monoisotopic (exact) mass is 366 g/mol. The van der Waals surface area contributed by atoms with E-state index in [0.29, 0.717) is 17.0 Å². The molecule has 1 aromatic carbocycles. The maximum absolute atomic E-state index is 12.2. The lowest BCUT2D eigenvalue weighted by Crippen LogP contribution is -2.25. The molecule has 2 heterocycles. The molecular formula is C20H22N4O3. The first-order valence-corrected chi connectivity index (χ1v) is 8.51. The van der Waals surface area contributed by atoms with Crippen LogP contribution in [0.15, 0.2) is 42.7 Å². The summed E-state index contributed by atoms with van der Waals surface area (Å²) in [6, 6.07) is 8.89. The Hall–Kier alpha value is -3.35. The number of aromatic nitrogens is 2. The Bertz CT molecular complexity index is 996. The van der Waals surface area contributed by atoms with Gasteiger partial charge in [-0.2, -0.15) is 0 Å². The minimum Gasteiger partial charge on any atom is -0.460 e. The summed E-state index contributed by atoms with van der Waals surface area (Å²) in [6.45, 7) is 5.51. The summed E-state index contributed by atoms with van der Waals surface area (Å²) >= 11 is 0. The van der Waals surface area contributed by atoms with Gasteiger partial charge in [-0.25, -0.2) is 4.98 Å². The summed E-state index contributed by atoms with van der Waals surface area (Å²) in [7, 11) is 0. The summed E-state index contributed by atoms with van der Waals surface area (Å²) in [5, 5.41) is 0.758. The SMILES string of the molecule is CC(C)(C)OC(=O)Cc1ccc(Oc2ccnc(N)c2N)c2cccnc12. The highest BCUT2D eigenvalue weighted by Crippen LogP contribution is 2.35. The van der Waals surface area contributed by atoms with E-state index in [4.69, 9.17) is 20.9 Å². The number of fused-ring (bicyclic) bond motifs is 1. The Kier molecular flexibility index (Phi) is 4.85. The van der Waals surface area contributed by atoms with Gasteiger partial charge < -0.3 is 20.9 Å². The molecule has 140 valence electrons. The lowest BCUT2D eigenvalue weighted by molar-refractivity contribution is -0.153. The predicted octanol–water partition coefficient (Wildman–Crippen LogP) is 3.47. The van der Waals surface area contributed by atoms with Crippen LogP contribution in [0.1, 0.15) is 26.3 Å². The minimum atomic E-state index is -0.540. The number of benzene rings is 1. The van der Waals surface area contributed by atoms with Gasteiger partial charge in [0.15, 0.2) is 5.75 Å². The van der Waals surface area contributed by atoms with E-state index in [-0.39, 0.29) is 23.9 Å². The molecule has 0 saturated carbocycles. The zero-order chi connectivity index (χ0) is 19.6. The van der Waals surface area contributed by atoms with Crippen molar-refractivity contribution in [1.29, 1.82) is 0 Å². The molecule has 7 nitrogen and oxygen atoms in total. The van der Waals surface area contributed by atoms with Crippen LogP contribution in [0.25, 0.3) is 10.9 Å². The highest BCUT2D eigenvalue weighted by Gasteiger charge is 2.19. The molecule has 0 radical (unpaired) electrons. The molecular weight excluding hydrogens is 344 g/mol. The van der Waals surface area contributed by atoms with Gasteiger partial charge in [0.25, 0.3) is 0 Å². The van der Waals surface area contributed by atoms with Crippen LogP contribution in [0.3, 0.4) is 0 Å². The number of carbonyl (C=O) groups excluding carboxylic acids is 1. The van der Waals surface area contributed by atoms with Crippen LogP contribution in [0, 0.1) is 0 Å². The van der Waals surface area contributed by atoms with Gasteiger partial charge in [0, 0.05) is 23.8 Å². The lowest BCUT2D eigenvalue weighted by Gasteiger charge is -2.20. The second-order valence-electron chi connectivity index (χ2n) is 7.10. The molecule has 27 heavy (non-hydrogen) atoms. The molecule has 3 rings (SSSR count). The molecule has 0 bridgehead atoms. The van der Waals surface area contributed by atoms with Gasteiger partial charge in [0.05, 0.1) is 11.9 Å². The quantitative estimate of drug-likeness (QED) is 0.680. The van der Waals surface area contributed by atoms with Crippen LogP contribution in [0.5, 0.6) is 11.5 Å². The first-order chi connectivity index (χ1) is 12.7. The van der Waals surface area contributed by atoms with Crippen LogP contribution >= 0.6 is 0 Å². The molecule has 0 fully saturated rings. The summed E-state index contributed by atoms with van der Waals surface area (Å²) in [5.41, 5.74) is 12.8. The molecule has 3 aromatic rings. The number of carbonyl (C=O) groups is 1. The van der Waals surface area contributed by atoms with Crippen molar-refractivity contribution in [1.82, 2.24) is 9.97 Å². The average Bonchev–Trinajstić information content (AvgIpc) is 2.59. The summed E-state index contributed by atoms with van der Waals surface area (Å²) in [4.78, 5) is 20.6. The Morgan fingerprint density at radius 1 is 1.04 bits per heavy atom. The van der Waals surface area contributed by atoms with Crippen LogP contribution in [-0.4, -0.2) is 21.5 Å². The molecule has 0 spiro atoms. The van der Waals surface area contributed by atoms with Gasteiger partial charge in [-0.1, -0.05) is 6.07 Å². The number of nitrogens with zero attached hydrogens (tertiary/aromatic N) is 2.